The highest BCUT2D eigenvalue weighted by Gasteiger charge is 2.49. The average molecular weight is 419 g/mol. The number of ether oxygens (including phenoxy) is 1. The SMILES string of the molecule is C[C@@H]1CN2C(=O)c3c(O)c(=O)c(C(=O)NCc4ccc(F)cc4F)cn3CC2(C)O1. The molecule has 0 saturated carbocycles. The number of carbonyl (C=O) groups is 2. The number of amides is 2. The molecule has 2 atom stereocenters. The van der Waals surface area contributed by atoms with Crippen LogP contribution in [0.1, 0.15) is 40.3 Å². The van der Waals surface area contributed by atoms with Crippen molar-refractivity contribution in [2.75, 3.05) is 6.54 Å². The zero-order valence-electron chi connectivity index (χ0n) is 16.2. The van der Waals surface area contributed by atoms with Crippen LogP contribution in [-0.2, 0) is 17.8 Å². The highest BCUT2D eigenvalue weighted by atomic mass is 19.1. The summed E-state index contributed by atoms with van der Waals surface area (Å²) in [4.78, 5) is 39.4. The molecule has 1 saturated heterocycles. The highest BCUT2D eigenvalue weighted by Crippen LogP contribution is 2.36. The second kappa shape index (κ2) is 6.91. The van der Waals surface area contributed by atoms with Gasteiger partial charge in [0.15, 0.2) is 17.2 Å². The quantitative estimate of drug-likeness (QED) is 0.782. The monoisotopic (exact) mass is 419 g/mol. The van der Waals surface area contributed by atoms with Gasteiger partial charge in [-0.15, -0.1) is 0 Å². The molecular weight excluding hydrogens is 400 g/mol. The predicted octanol–water partition coefficient (Wildman–Crippen LogP) is 1.35. The molecule has 1 aromatic heterocycles. The molecule has 2 amide bonds. The summed E-state index contributed by atoms with van der Waals surface area (Å²) in [7, 11) is 0. The molecule has 3 heterocycles. The van der Waals surface area contributed by atoms with E-state index in [0.717, 1.165) is 6.07 Å². The van der Waals surface area contributed by atoms with Crippen LogP contribution in [0.5, 0.6) is 5.75 Å². The van der Waals surface area contributed by atoms with Crippen molar-refractivity contribution in [1.82, 2.24) is 14.8 Å². The molecule has 158 valence electrons. The summed E-state index contributed by atoms with van der Waals surface area (Å²) in [6.45, 7) is 3.65. The van der Waals surface area contributed by atoms with E-state index in [2.05, 4.69) is 5.32 Å². The molecule has 1 unspecified atom stereocenters. The topological polar surface area (TPSA) is 101 Å². The van der Waals surface area contributed by atoms with Crippen LogP contribution in [0.2, 0.25) is 0 Å². The van der Waals surface area contributed by atoms with Crippen LogP contribution >= 0.6 is 0 Å². The van der Waals surface area contributed by atoms with Gasteiger partial charge in [0.2, 0.25) is 5.43 Å². The summed E-state index contributed by atoms with van der Waals surface area (Å²) in [5, 5.41) is 12.7. The summed E-state index contributed by atoms with van der Waals surface area (Å²) in [5.41, 5.74) is -2.58. The Morgan fingerprint density at radius 1 is 1.37 bits per heavy atom. The number of benzene rings is 1. The van der Waals surface area contributed by atoms with Gasteiger partial charge in [-0.2, -0.15) is 0 Å². The Bertz CT molecular complexity index is 1130. The molecule has 2 aromatic rings. The summed E-state index contributed by atoms with van der Waals surface area (Å²) < 4.78 is 33.9. The third kappa shape index (κ3) is 3.13. The molecule has 1 aromatic carbocycles. The molecule has 1 fully saturated rings. The lowest BCUT2D eigenvalue weighted by Crippen LogP contribution is -2.54. The number of fused-ring (bicyclic) bond motifs is 2. The first-order valence-corrected chi connectivity index (χ1v) is 9.29. The van der Waals surface area contributed by atoms with Gasteiger partial charge in [-0.3, -0.25) is 14.4 Å². The lowest BCUT2D eigenvalue weighted by Gasteiger charge is -2.39. The lowest BCUT2D eigenvalue weighted by atomic mass is 10.1. The Balaban J connectivity index is 1.65. The predicted molar refractivity (Wildman–Crippen MR) is 99.9 cm³/mol. The van der Waals surface area contributed by atoms with Crippen LogP contribution in [-0.4, -0.2) is 44.8 Å². The standard InChI is InChI=1S/C20H19F2N3O5/c1-10-7-25-19(29)15-17(27)16(26)13(8-24(15)9-20(25,2)30-10)18(28)23-6-11-3-4-12(21)5-14(11)22/h3-5,8,10,27H,6-7,9H2,1-2H3,(H,23,28)/t10-,20?/m1/s1. The van der Waals surface area contributed by atoms with Crippen LogP contribution in [0.3, 0.4) is 0 Å². The van der Waals surface area contributed by atoms with Crippen LogP contribution in [0.25, 0.3) is 0 Å². The van der Waals surface area contributed by atoms with Crippen LogP contribution in [0.4, 0.5) is 8.78 Å². The van der Waals surface area contributed by atoms with Crippen molar-refractivity contribution in [3.05, 3.63) is 63.1 Å². The number of pyridine rings is 1. The molecule has 0 spiro atoms. The molecule has 0 radical (unpaired) electrons. The van der Waals surface area contributed by atoms with Crippen molar-refractivity contribution < 1.29 is 28.2 Å². The maximum atomic E-state index is 13.8. The van der Waals surface area contributed by atoms with Gasteiger partial charge in [-0.05, 0) is 19.9 Å². The number of hydrogen-bond donors (Lipinski definition) is 2. The van der Waals surface area contributed by atoms with Crippen LogP contribution in [0.15, 0.2) is 29.2 Å². The summed E-state index contributed by atoms with van der Waals surface area (Å²) in [5.74, 6) is -3.86. The highest BCUT2D eigenvalue weighted by molar-refractivity contribution is 5.99. The first-order valence-electron chi connectivity index (χ1n) is 9.29. The number of hydrogen-bond acceptors (Lipinski definition) is 5. The largest absolute Gasteiger partial charge is 0.503 e. The molecule has 2 aliphatic rings. The number of halogens is 2. The van der Waals surface area contributed by atoms with E-state index in [1.807, 2.05) is 0 Å². The number of aromatic hydroxyl groups is 1. The number of carbonyl (C=O) groups excluding carboxylic acids is 2. The molecular formula is C20H19F2N3O5. The van der Waals surface area contributed by atoms with E-state index in [0.29, 0.717) is 12.6 Å². The minimum Gasteiger partial charge on any atom is -0.503 e. The molecule has 2 aliphatic heterocycles. The zero-order chi connectivity index (χ0) is 21.8. The van der Waals surface area contributed by atoms with Gasteiger partial charge in [-0.25, -0.2) is 8.78 Å². The van der Waals surface area contributed by atoms with Crippen molar-refractivity contribution in [2.45, 2.75) is 38.8 Å². The van der Waals surface area contributed by atoms with Crippen molar-refractivity contribution >= 4 is 11.8 Å². The van der Waals surface area contributed by atoms with E-state index >= 15 is 0 Å². The minimum absolute atomic E-state index is 0.0266. The van der Waals surface area contributed by atoms with Gasteiger partial charge in [0.05, 0.1) is 12.6 Å². The fourth-order valence-corrected chi connectivity index (χ4v) is 3.95. The van der Waals surface area contributed by atoms with E-state index in [1.54, 1.807) is 13.8 Å². The van der Waals surface area contributed by atoms with Gasteiger partial charge in [0, 0.05) is 30.9 Å². The van der Waals surface area contributed by atoms with Gasteiger partial charge in [0.1, 0.15) is 17.2 Å². The number of nitrogens with one attached hydrogen (secondary N) is 1. The average Bonchev–Trinajstić information content (AvgIpc) is 2.98. The number of aromatic nitrogens is 1. The first kappa shape index (κ1) is 20.0. The Hall–Kier alpha value is -3.27. The maximum absolute atomic E-state index is 13.8. The van der Waals surface area contributed by atoms with E-state index < -0.39 is 45.9 Å². The molecule has 2 N–H and O–H groups in total. The normalized spacial score (nSPS) is 22.6. The Morgan fingerprint density at radius 3 is 2.80 bits per heavy atom. The fourth-order valence-electron chi connectivity index (χ4n) is 3.95. The first-order chi connectivity index (χ1) is 14.1. The van der Waals surface area contributed by atoms with Crippen LogP contribution in [0, 0.1) is 11.6 Å². The lowest BCUT2D eigenvalue weighted by molar-refractivity contribution is -0.0918. The van der Waals surface area contributed by atoms with E-state index in [9.17, 15) is 28.3 Å². The minimum atomic E-state index is -1.01. The molecule has 8 nitrogen and oxygen atoms in total. The van der Waals surface area contributed by atoms with Gasteiger partial charge >= 0.3 is 0 Å². The summed E-state index contributed by atoms with van der Waals surface area (Å²) in [6.07, 6.45) is 0.955. The molecule has 0 bridgehead atoms. The van der Waals surface area contributed by atoms with Crippen molar-refractivity contribution in [3.63, 3.8) is 0 Å². The third-order valence-corrected chi connectivity index (χ3v) is 5.33. The molecule has 10 heteroatoms. The Kier molecular flexibility index (Phi) is 4.61. The Labute approximate surface area is 169 Å². The second-order valence-corrected chi connectivity index (χ2v) is 7.63. The van der Waals surface area contributed by atoms with Gasteiger partial charge in [-0.1, -0.05) is 6.07 Å². The fraction of sp³-hybridized carbons (Fsp3) is 0.350. The van der Waals surface area contributed by atoms with E-state index in [1.165, 1.54) is 21.7 Å². The zero-order valence-corrected chi connectivity index (χ0v) is 16.2. The summed E-state index contributed by atoms with van der Waals surface area (Å²) in [6, 6.07) is 2.90. The smallest absolute Gasteiger partial charge is 0.276 e. The third-order valence-electron chi connectivity index (χ3n) is 5.33. The summed E-state index contributed by atoms with van der Waals surface area (Å²) >= 11 is 0. The molecule has 0 aliphatic carbocycles. The number of rotatable bonds is 3. The van der Waals surface area contributed by atoms with Crippen molar-refractivity contribution in [1.29, 1.82) is 0 Å². The van der Waals surface area contributed by atoms with Crippen LogP contribution < -0.4 is 10.7 Å². The second-order valence-electron chi connectivity index (χ2n) is 7.63. The maximum Gasteiger partial charge on any atom is 0.276 e. The number of nitrogens with zero attached hydrogens (tertiary/aromatic N) is 2. The molecule has 30 heavy (non-hydrogen) atoms. The van der Waals surface area contributed by atoms with Crippen molar-refractivity contribution in [3.8, 4) is 5.75 Å². The van der Waals surface area contributed by atoms with Gasteiger partial charge in [0.25, 0.3) is 11.8 Å². The van der Waals surface area contributed by atoms with E-state index in [-0.39, 0.29) is 30.5 Å². The Morgan fingerprint density at radius 2 is 2.10 bits per heavy atom. The van der Waals surface area contributed by atoms with Gasteiger partial charge < -0.3 is 24.6 Å². The molecule has 4 rings (SSSR count). The van der Waals surface area contributed by atoms with E-state index in [4.69, 9.17) is 4.74 Å². The van der Waals surface area contributed by atoms with Crippen molar-refractivity contribution in [2.24, 2.45) is 0 Å².